The van der Waals surface area contributed by atoms with Crippen LogP contribution in [0.15, 0.2) is 0 Å². The molecule has 2 saturated carbocycles. The lowest BCUT2D eigenvalue weighted by Gasteiger charge is -2.40. The minimum Gasteiger partial charge on any atom is -0.467 e. The molecule has 1 heterocycles. The second-order valence-electron chi connectivity index (χ2n) is 13.3. The number of nitrogens with zero attached hydrogens (tertiary/aromatic N) is 1. The first-order valence-corrected chi connectivity index (χ1v) is 14.3. The van der Waals surface area contributed by atoms with E-state index in [0.29, 0.717) is 0 Å². The van der Waals surface area contributed by atoms with Crippen LogP contribution in [0.5, 0.6) is 0 Å². The number of Topliss-reactive ketones (excluding diaryl/α,β-unsaturated/α-hetero) is 1. The summed E-state index contributed by atoms with van der Waals surface area (Å²) in [5.41, 5.74) is -4.47. The van der Waals surface area contributed by atoms with Gasteiger partial charge in [0, 0.05) is 44.9 Å². The van der Waals surface area contributed by atoms with Gasteiger partial charge in [0.15, 0.2) is 9.84 Å². The normalized spacial score (nSPS) is 38.6. The molecular weight excluding hydrogens is 490 g/mol. The summed E-state index contributed by atoms with van der Waals surface area (Å²) in [5, 5.41) is 0. The number of ether oxygens (including phenoxy) is 1. The summed E-state index contributed by atoms with van der Waals surface area (Å²) in [4.78, 5) is 42.5. The van der Waals surface area contributed by atoms with Crippen molar-refractivity contribution in [2.75, 3.05) is 19.4 Å². The topological polar surface area (TPSA) is 97.8 Å². The van der Waals surface area contributed by atoms with Crippen molar-refractivity contribution in [1.82, 2.24) is 4.90 Å². The molecule has 8 heteroatoms. The summed E-state index contributed by atoms with van der Waals surface area (Å²) in [7, 11) is -3.41. The summed E-state index contributed by atoms with van der Waals surface area (Å²) < 4.78 is 117. The Morgan fingerprint density at radius 2 is 1.62 bits per heavy atom. The zero-order chi connectivity index (χ0) is 37.2. The first-order chi connectivity index (χ1) is 20.6. The molecule has 7 nitrogen and oxygen atoms in total. The number of carbonyl (C=O) groups is 3. The van der Waals surface area contributed by atoms with Gasteiger partial charge in [-0.3, -0.25) is 9.59 Å². The van der Waals surface area contributed by atoms with Crippen molar-refractivity contribution in [2.24, 2.45) is 34.0 Å². The Bertz CT molecular complexity index is 1400. The number of methoxy groups -OCH3 is 1. The molecule has 4 atom stereocenters. The lowest BCUT2D eigenvalue weighted by atomic mass is 9.70. The number of ketones is 1. The molecule has 3 aliphatic rings. The first kappa shape index (κ1) is 18.8. The van der Waals surface area contributed by atoms with Crippen LogP contribution in [-0.4, -0.2) is 61.2 Å². The van der Waals surface area contributed by atoms with E-state index in [1.165, 1.54) is 32.8 Å². The lowest BCUT2D eigenvalue weighted by Crippen LogP contribution is -2.50. The molecule has 0 N–H and O–H groups in total. The number of rotatable bonds is 8. The number of fused-ring (bicyclic) bond motifs is 1. The number of esters is 1. The van der Waals surface area contributed by atoms with E-state index in [1.54, 1.807) is 20.8 Å². The molecule has 212 valence electrons. The van der Waals surface area contributed by atoms with Crippen LogP contribution >= 0.6 is 0 Å². The summed E-state index contributed by atoms with van der Waals surface area (Å²) in [6.45, 7) is 12.8. The summed E-state index contributed by atoms with van der Waals surface area (Å²) >= 11 is 0. The molecule has 0 bridgehead atoms. The van der Waals surface area contributed by atoms with Gasteiger partial charge >= 0.3 is 5.97 Å². The molecule has 0 aromatic heterocycles. The van der Waals surface area contributed by atoms with Gasteiger partial charge in [0.1, 0.15) is 11.8 Å². The van der Waals surface area contributed by atoms with E-state index in [-0.39, 0.29) is 23.8 Å². The molecule has 1 amide bonds. The Morgan fingerprint density at radius 3 is 2.11 bits per heavy atom. The van der Waals surface area contributed by atoms with Crippen molar-refractivity contribution in [3.05, 3.63) is 0 Å². The maximum Gasteiger partial charge on any atom is 0.328 e. The predicted octanol–water partition coefficient (Wildman–Crippen LogP) is 4.82. The Hall–Kier alpha value is -1.44. The molecule has 0 aromatic rings. The van der Waals surface area contributed by atoms with Crippen LogP contribution in [0.1, 0.15) is 114 Å². The summed E-state index contributed by atoms with van der Waals surface area (Å²) in [6, 6.07) is -0.918. The molecule has 37 heavy (non-hydrogen) atoms. The summed E-state index contributed by atoms with van der Waals surface area (Å²) in [5.74, 6) is -5.13. The van der Waals surface area contributed by atoms with Crippen molar-refractivity contribution in [3.8, 4) is 0 Å². The van der Waals surface area contributed by atoms with Crippen LogP contribution in [0.4, 0.5) is 0 Å². The van der Waals surface area contributed by atoms with E-state index >= 15 is 0 Å². The second kappa shape index (κ2) is 9.95. The van der Waals surface area contributed by atoms with E-state index in [0.717, 1.165) is 0 Å². The highest BCUT2D eigenvalue weighted by Gasteiger charge is 2.70. The zero-order valence-electron chi connectivity index (χ0n) is 33.4. The van der Waals surface area contributed by atoms with Crippen LogP contribution in [-0.2, 0) is 29.0 Å². The van der Waals surface area contributed by atoms with E-state index in [1.807, 2.05) is 13.8 Å². The van der Waals surface area contributed by atoms with E-state index in [4.69, 9.17) is 18.4 Å². The smallest absolute Gasteiger partial charge is 0.328 e. The number of hydrogen-bond acceptors (Lipinski definition) is 6. The van der Waals surface area contributed by atoms with E-state index in [2.05, 4.69) is 0 Å². The maximum absolute atomic E-state index is 14.2. The minimum absolute atomic E-state index is 0.000974. The maximum atomic E-state index is 14.2. The zero-order valence-corrected chi connectivity index (χ0v) is 24.3. The van der Waals surface area contributed by atoms with Gasteiger partial charge in [-0.15, -0.1) is 0 Å². The predicted molar refractivity (Wildman–Crippen MR) is 145 cm³/mol. The van der Waals surface area contributed by atoms with Gasteiger partial charge < -0.3 is 9.64 Å². The van der Waals surface area contributed by atoms with Crippen molar-refractivity contribution in [3.63, 3.8) is 0 Å². The van der Waals surface area contributed by atoms with Gasteiger partial charge in [-0.2, -0.15) is 0 Å². The van der Waals surface area contributed by atoms with Gasteiger partial charge in [0.25, 0.3) is 0 Å². The van der Waals surface area contributed by atoms with Crippen LogP contribution < -0.4 is 0 Å². The quantitative estimate of drug-likeness (QED) is 0.403. The van der Waals surface area contributed by atoms with E-state index < -0.39 is 105 Å². The van der Waals surface area contributed by atoms with Crippen LogP contribution in [0, 0.1) is 34.0 Å². The molecule has 3 fully saturated rings. The third kappa shape index (κ3) is 5.94. The first-order valence-electron chi connectivity index (χ1n) is 17.7. The number of likely N-dealkylation sites (tertiary alicyclic amines) is 1. The molecule has 0 radical (unpaired) electrons. The van der Waals surface area contributed by atoms with Gasteiger partial charge in [-0.05, 0) is 55.7 Å². The van der Waals surface area contributed by atoms with Crippen molar-refractivity contribution < 1.29 is 41.2 Å². The number of amides is 1. The number of hydrogen-bond donors (Lipinski definition) is 0. The lowest BCUT2D eigenvalue weighted by molar-refractivity contribution is -0.156. The average molecular weight is 550 g/mol. The monoisotopic (exact) mass is 549 g/mol. The number of carbonyl (C=O) groups excluding carboxylic acids is 3. The molecule has 0 spiro atoms. The largest absolute Gasteiger partial charge is 0.467 e. The fourth-order valence-corrected chi connectivity index (χ4v) is 6.95. The molecule has 0 aromatic carbocycles. The Kier molecular flexibility index (Phi) is 5.05. The van der Waals surface area contributed by atoms with Crippen molar-refractivity contribution in [2.45, 2.75) is 111 Å². The molecule has 2 aliphatic carbocycles. The second-order valence-corrected chi connectivity index (χ2v) is 16.1. The van der Waals surface area contributed by atoms with Crippen LogP contribution in [0.25, 0.3) is 0 Å². The fourth-order valence-electron chi connectivity index (χ4n) is 5.62. The van der Waals surface area contributed by atoms with Crippen molar-refractivity contribution in [1.29, 1.82) is 0 Å². The highest BCUT2D eigenvalue weighted by atomic mass is 32.2. The number of piperidine rings is 1. The van der Waals surface area contributed by atoms with Gasteiger partial charge in [0.2, 0.25) is 5.91 Å². The summed E-state index contributed by atoms with van der Waals surface area (Å²) in [6.07, 6.45) is -21.0. The molecule has 1 saturated heterocycles. The Morgan fingerprint density at radius 1 is 1.05 bits per heavy atom. The molecule has 2 unspecified atom stereocenters. The molecule has 3 rings (SSSR count). The third-order valence-electron chi connectivity index (χ3n) is 8.31. The fraction of sp³-hybridized carbons (Fsp3) is 0.897. The standard InChI is InChI=1S/C29H49NO6S/c1-26(2,3)20(24(32)30-17-21-22(28(21,7)8)23(30)25(33)36-9)15-19(31)16-29(13-11-10-12-14-29)18-37(34,35)27(4,5)6/h20-23H,10-18H2,1-9H3/t20-,21?,22+,23?/m1/s1/i10D2,11D2,12D2,13D2,14D2. The highest BCUT2D eigenvalue weighted by Crippen LogP contribution is 2.65. The van der Waals surface area contributed by atoms with Gasteiger partial charge in [-0.1, -0.05) is 53.7 Å². The average Bonchev–Trinajstić information content (AvgIpc) is 3.19. The Balaban J connectivity index is 2.16. The third-order valence-corrected chi connectivity index (χ3v) is 11.0. The number of sulfone groups is 1. The molecular formula is C29H49NO6S. The highest BCUT2D eigenvalue weighted by molar-refractivity contribution is 7.92. The minimum atomic E-state index is -4.61. The SMILES string of the molecule is [2H]C1([2H])C([2H])([2H])C([2H])([2H])C(CC(=O)C[C@H](C(=O)N2CC3[C@@H](C2C(=O)OC)C3(C)C)C(C)(C)C)(CS(=O)(=O)C(C)(C)C)C([2H])([2H])C1([2H])[2H]. The Labute approximate surface area is 238 Å². The van der Waals surface area contributed by atoms with Crippen LogP contribution in [0.2, 0.25) is 0 Å². The van der Waals surface area contributed by atoms with Crippen LogP contribution in [0.3, 0.4) is 0 Å². The van der Waals surface area contributed by atoms with Gasteiger partial charge in [-0.25, -0.2) is 13.2 Å². The van der Waals surface area contributed by atoms with Crippen molar-refractivity contribution >= 4 is 27.5 Å². The van der Waals surface area contributed by atoms with E-state index in [9.17, 15) is 22.8 Å². The van der Waals surface area contributed by atoms with Gasteiger partial charge in [0.05, 0.1) is 17.6 Å². The molecule has 1 aliphatic heterocycles.